The summed E-state index contributed by atoms with van der Waals surface area (Å²) < 4.78 is 27.9. The Hall–Kier alpha value is -2.72. The van der Waals surface area contributed by atoms with Gasteiger partial charge < -0.3 is 14.8 Å². The lowest BCUT2D eigenvalue weighted by Gasteiger charge is -2.37. The lowest BCUT2D eigenvalue weighted by molar-refractivity contribution is 0.329. The summed E-state index contributed by atoms with van der Waals surface area (Å²) in [6.45, 7) is 2.41. The van der Waals surface area contributed by atoms with Crippen LogP contribution in [0.15, 0.2) is 43.0 Å². The largest absolute Gasteiger partial charge is 0.356 e. The molecule has 2 aliphatic rings. The van der Waals surface area contributed by atoms with Crippen molar-refractivity contribution < 1.29 is 8.42 Å². The van der Waals surface area contributed by atoms with E-state index in [0.29, 0.717) is 32.2 Å². The fraction of sp³-hybridized carbons (Fsp3) is 0.522. The van der Waals surface area contributed by atoms with E-state index in [9.17, 15) is 8.42 Å². The van der Waals surface area contributed by atoms with Crippen LogP contribution in [-0.4, -0.2) is 77.7 Å². The van der Waals surface area contributed by atoms with E-state index in [0.717, 1.165) is 48.4 Å². The summed E-state index contributed by atoms with van der Waals surface area (Å²) in [7, 11) is -1.17. The first-order valence-corrected chi connectivity index (χ1v) is 13.3. The van der Waals surface area contributed by atoms with Crippen molar-refractivity contribution in [1.82, 2.24) is 24.2 Å². The molecule has 9 nitrogen and oxygen atoms in total. The number of fused-ring (bicyclic) bond motifs is 1. The number of piperazine rings is 1. The number of nitrogens with zero attached hydrogens (tertiary/aromatic N) is 6. The van der Waals surface area contributed by atoms with Gasteiger partial charge in [0.1, 0.15) is 23.6 Å². The quantitative estimate of drug-likeness (QED) is 0.592. The predicted molar refractivity (Wildman–Crippen MR) is 130 cm³/mol. The monoisotopic (exact) mass is 469 g/mol. The molecule has 0 unspecified atom stereocenters. The first-order valence-electron chi connectivity index (χ1n) is 11.7. The molecule has 5 rings (SSSR count). The van der Waals surface area contributed by atoms with E-state index in [2.05, 4.69) is 36.8 Å². The van der Waals surface area contributed by atoms with Gasteiger partial charge in [0.25, 0.3) is 0 Å². The predicted octanol–water partition coefficient (Wildman–Crippen LogP) is 2.50. The number of hydrogen-bond acceptors (Lipinski definition) is 7. The molecule has 33 heavy (non-hydrogen) atoms. The summed E-state index contributed by atoms with van der Waals surface area (Å²) in [5.41, 5.74) is 0.842. The van der Waals surface area contributed by atoms with Crippen molar-refractivity contribution >= 4 is 32.7 Å². The number of aromatic amines is 1. The van der Waals surface area contributed by atoms with Gasteiger partial charge in [-0.05, 0) is 49.8 Å². The fourth-order valence-electron chi connectivity index (χ4n) is 5.15. The Morgan fingerprint density at radius 2 is 1.82 bits per heavy atom. The van der Waals surface area contributed by atoms with Gasteiger partial charge in [-0.2, -0.15) is 4.31 Å². The van der Waals surface area contributed by atoms with Crippen LogP contribution in [0.2, 0.25) is 0 Å². The molecule has 1 saturated carbocycles. The molecule has 4 heterocycles. The summed E-state index contributed by atoms with van der Waals surface area (Å²) >= 11 is 0. The zero-order valence-corrected chi connectivity index (χ0v) is 19.8. The van der Waals surface area contributed by atoms with Crippen LogP contribution in [0, 0.1) is 5.92 Å². The van der Waals surface area contributed by atoms with Crippen LogP contribution < -0.4 is 9.80 Å². The zero-order valence-electron chi connectivity index (χ0n) is 19.0. The highest BCUT2D eigenvalue weighted by molar-refractivity contribution is 7.89. The Morgan fingerprint density at radius 3 is 2.55 bits per heavy atom. The highest BCUT2D eigenvalue weighted by Gasteiger charge is 2.33. The normalized spacial score (nSPS) is 22.5. The van der Waals surface area contributed by atoms with Crippen molar-refractivity contribution in [2.45, 2.75) is 31.7 Å². The lowest BCUT2D eigenvalue weighted by Crippen LogP contribution is -2.50. The summed E-state index contributed by atoms with van der Waals surface area (Å²) in [6, 6.07) is 8.20. The lowest BCUT2D eigenvalue weighted by atomic mass is 9.86. The zero-order chi connectivity index (χ0) is 22.8. The second kappa shape index (κ2) is 9.26. The molecule has 1 saturated heterocycles. The molecule has 0 atom stereocenters. The Labute approximate surface area is 194 Å². The van der Waals surface area contributed by atoms with Gasteiger partial charge in [0.05, 0.1) is 11.1 Å². The smallest absolute Gasteiger partial charge is 0.214 e. The van der Waals surface area contributed by atoms with E-state index in [-0.39, 0.29) is 11.7 Å². The second-order valence-electron chi connectivity index (χ2n) is 9.08. The Morgan fingerprint density at radius 1 is 1.03 bits per heavy atom. The molecule has 0 amide bonds. The van der Waals surface area contributed by atoms with Crippen LogP contribution in [-0.2, 0) is 10.0 Å². The number of anilines is 2. The first kappa shape index (κ1) is 22.1. The van der Waals surface area contributed by atoms with Crippen LogP contribution in [0.5, 0.6) is 0 Å². The van der Waals surface area contributed by atoms with E-state index in [1.807, 2.05) is 30.5 Å². The minimum Gasteiger partial charge on any atom is -0.356 e. The number of H-pyrrole nitrogens is 1. The van der Waals surface area contributed by atoms with Crippen LogP contribution in [0.4, 0.5) is 11.6 Å². The average molecular weight is 470 g/mol. The van der Waals surface area contributed by atoms with E-state index in [1.54, 1.807) is 16.8 Å². The molecule has 1 aliphatic carbocycles. The third kappa shape index (κ3) is 4.67. The molecule has 2 fully saturated rings. The third-order valence-electron chi connectivity index (χ3n) is 7.08. The number of nitrogens with one attached hydrogen (secondary N) is 1. The first-order chi connectivity index (χ1) is 16.0. The van der Waals surface area contributed by atoms with Crippen molar-refractivity contribution in [3.8, 4) is 0 Å². The van der Waals surface area contributed by atoms with Crippen LogP contribution in [0.3, 0.4) is 0 Å². The molecule has 3 aromatic heterocycles. The molecule has 0 radical (unpaired) electrons. The van der Waals surface area contributed by atoms with Crippen molar-refractivity contribution in [3.63, 3.8) is 0 Å². The van der Waals surface area contributed by atoms with Gasteiger partial charge in [-0.3, -0.25) is 0 Å². The Balaban J connectivity index is 1.14. The molecule has 0 spiro atoms. The standard InChI is InChI=1S/C23H31N7O2S/c1-28(23-20-9-11-25-22(20)26-17-27-23)19-7-5-18(6-8-19)16-33(31,32)30-14-12-29(13-15-30)21-4-2-3-10-24-21/h2-4,9-11,17-19H,5-8,12-16H2,1H3,(H,25,26,27). The third-order valence-corrected chi connectivity index (χ3v) is 9.13. The number of hydrogen-bond donors (Lipinski definition) is 1. The Kier molecular flexibility index (Phi) is 6.20. The highest BCUT2D eigenvalue weighted by Crippen LogP contribution is 2.32. The maximum Gasteiger partial charge on any atom is 0.214 e. The van der Waals surface area contributed by atoms with Gasteiger partial charge in [0.15, 0.2) is 0 Å². The SMILES string of the molecule is CN(c1ncnc2[nH]ccc12)C1CCC(CS(=O)(=O)N2CCN(c3ccccn3)CC2)CC1. The molecule has 0 aromatic carbocycles. The van der Waals surface area contributed by atoms with E-state index in [1.165, 1.54) is 0 Å². The van der Waals surface area contributed by atoms with Crippen LogP contribution in [0.1, 0.15) is 25.7 Å². The van der Waals surface area contributed by atoms with Gasteiger partial charge in [0.2, 0.25) is 10.0 Å². The van der Waals surface area contributed by atoms with Gasteiger partial charge >= 0.3 is 0 Å². The molecule has 1 N–H and O–H groups in total. The number of aromatic nitrogens is 4. The molecular formula is C23H31N7O2S. The van der Waals surface area contributed by atoms with Crippen LogP contribution in [0.25, 0.3) is 11.0 Å². The van der Waals surface area contributed by atoms with Gasteiger partial charge in [-0.1, -0.05) is 6.07 Å². The summed E-state index contributed by atoms with van der Waals surface area (Å²) in [5.74, 6) is 2.31. The van der Waals surface area contributed by atoms with Crippen molar-refractivity contribution in [1.29, 1.82) is 0 Å². The highest BCUT2D eigenvalue weighted by atomic mass is 32.2. The van der Waals surface area contributed by atoms with Crippen molar-refractivity contribution in [3.05, 3.63) is 43.0 Å². The molecule has 1 aliphatic heterocycles. The van der Waals surface area contributed by atoms with Gasteiger partial charge in [0, 0.05) is 51.7 Å². The minimum absolute atomic E-state index is 0.214. The summed E-state index contributed by atoms with van der Waals surface area (Å²) in [6.07, 6.45) is 9.04. The van der Waals surface area contributed by atoms with Gasteiger partial charge in [-0.25, -0.2) is 23.4 Å². The van der Waals surface area contributed by atoms with Crippen molar-refractivity contribution in [2.75, 3.05) is 48.8 Å². The number of rotatable bonds is 6. The summed E-state index contributed by atoms with van der Waals surface area (Å²) in [5, 5.41) is 1.02. The van der Waals surface area contributed by atoms with Crippen molar-refractivity contribution in [2.24, 2.45) is 5.92 Å². The number of pyridine rings is 1. The average Bonchev–Trinajstić information content (AvgIpc) is 3.34. The Bertz CT molecular complexity index is 1170. The maximum absolute atomic E-state index is 13.1. The van der Waals surface area contributed by atoms with E-state index in [4.69, 9.17) is 0 Å². The minimum atomic E-state index is -3.25. The topological polar surface area (TPSA) is 98.3 Å². The maximum atomic E-state index is 13.1. The van der Waals surface area contributed by atoms with Gasteiger partial charge in [-0.15, -0.1) is 0 Å². The number of sulfonamides is 1. The molecule has 176 valence electrons. The van der Waals surface area contributed by atoms with Crippen LogP contribution >= 0.6 is 0 Å². The molecular weight excluding hydrogens is 438 g/mol. The molecule has 0 bridgehead atoms. The molecule has 10 heteroatoms. The molecule has 3 aromatic rings. The summed E-state index contributed by atoms with van der Waals surface area (Å²) in [4.78, 5) is 20.7. The second-order valence-corrected chi connectivity index (χ2v) is 11.1. The van der Waals surface area contributed by atoms with E-state index < -0.39 is 10.0 Å². The van der Waals surface area contributed by atoms with E-state index >= 15 is 0 Å². The fourth-order valence-corrected chi connectivity index (χ4v) is 7.01.